The molecule has 0 aliphatic carbocycles. The van der Waals surface area contributed by atoms with Crippen molar-refractivity contribution in [1.29, 1.82) is 0 Å². The Labute approximate surface area is 182 Å². The van der Waals surface area contributed by atoms with Crippen molar-refractivity contribution in [2.45, 2.75) is 6.92 Å². The number of rotatable bonds is 5. The number of nitrogens with one attached hydrogen (secondary N) is 1. The molecular weight excluding hydrogens is 398 g/mol. The summed E-state index contributed by atoms with van der Waals surface area (Å²) in [6.45, 7) is 7.08. The molecule has 0 atom stereocenters. The summed E-state index contributed by atoms with van der Waals surface area (Å²) in [5.74, 6) is 0.333. The van der Waals surface area contributed by atoms with Gasteiger partial charge in [0.05, 0.1) is 24.0 Å². The van der Waals surface area contributed by atoms with Crippen LogP contribution >= 0.6 is 11.6 Å². The quantitative estimate of drug-likeness (QED) is 0.634. The van der Waals surface area contributed by atoms with E-state index in [1.54, 1.807) is 7.11 Å². The molecule has 1 saturated heterocycles. The number of fused-ring (bicyclic) bond motifs is 1. The lowest BCUT2D eigenvalue weighted by atomic mass is 10.0. The zero-order valence-electron chi connectivity index (χ0n) is 17.3. The number of hydrogen-bond donors (Lipinski definition) is 1. The van der Waals surface area contributed by atoms with Gasteiger partial charge in [-0.15, -0.1) is 0 Å². The molecule has 0 bridgehead atoms. The molecule has 6 heteroatoms. The Balaban J connectivity index is 1.64. The molecule has 1 heterocycles. The molecule has 4 rings (SSSR count). The summed E-state index contributed by atoms with van der Waals surface area (Å²) in [5, 5.41) is 5.68. The third kappa shape index (κ3) is 4.23. The van der Waals surface area contributed by atoms with E-state index in [2.05, 4.69) is 22.0 Å². The van der Waals surface area contributed by atoms with Crippen molar-refractivity contribution in [3.05, 3.63) is 65.2 Å². The van der Waals surface area contributed by atoms with E-state index in [1.165, 1.54) is 0 Å². The van der Waals surface area contributed by atoms with E-state index in [4.69, 9.17) is 16.3 Å². The van der Waals surface area contributed by atoms with E-state index in [1.807, 2.05) is 54.6 Å². The molecule has 0 radical (unpaired) electrons. The standard InChI is InChI=1S/C24H26ClN3O2/c1-3-27-10-12-28(13-11-27)22-9-8-19(25)16-21(22)26-24(29)20-14-17-6-4-5-7-18(17)15-23(20)30-2/h4-9,14-16H,3,10-13H2,1-2H3,(H,26,29). The first-order valence-electron chi connectivity index (χ1n) is 10.2. The normalized spacial score (nSPS) is 14.7. The first-order chi connectivity index (χ1) is 14.6. The van der Waals surface area contributed by atoms with Crippen molar-refractivity contribution in [3.63, 3.8) is 0 Å². The maximum atomic E-state index is 13.2. The van der Waals surface area contributed by atoms with E-state index in [9.17, 15) is 4.79 Å². The lowest BCUT2D eigenvalue weighted by Crippen LogP contribution is -2.46. The highest BCUT2D eigenvalue weighted by molar-refractivity contribution is 6.31. The predicted molar refractivity (Wildman–Crippen MR) is 124 cm³/mol. The van der Waals surface area contributed by atoms with Crippen molar-refractivity contribution >= 4 is 39.7 Å². The summed E-state index contributed by atoms with van der Waals surface area (Å²) in [5.41, 5.74) is 2.20. The molecule has 156 valence electrons. The molecule has 1 aliphatic rings. The number of hydrogen-bond acceptors (Lipinski definition) is 4. The Hall–Kier alpha value is -2.76. The highest BCUT2D eigenvalue weighted by Gasteiger charge is 2.21. The number of piperazine rings is 1. The van der Waals surface area contributed by atoms with Gasteiger partial charge in [0.25, 0.3) is 5.91 Å². The molecule has 0 unspecified atom stereocenters. The summed E-state index contributed by atoms with van der Waals surface area (Å²) < 4.78 is 5.50. The Bertz CT molecular complexity index is 1060. The van der Waals surface area contributed by atoms with E-state index in [0.29, 0.717) is 22.0 Å². The number of benzene rings is 3. The SMILES string of the molecule is CCN1CCN(c2ccc(Cl)cc2NC(=O)c2cc3ccccc3cc2OC)CC1. The van der Waals surface area contributed by atoms with Gasteiger partial charge in [0, 0.05) is 31.2 Å². The number of halogens is 1. The van der Waals surface area contributed by atoms with Crippen LogP contribution in [0.5, 0.6) is 5.75 Å². The summed E-state index contributed by atoms with van der Waals surface area (Å²) in [6.07, 6.45) is 0. The third-order valence-electron chi connectivity index (χ3n) is 5.68. The molecule has 30 heavy (non-hydrogen) atoms. The Kier molecular flexibility index (Phi) is 6.11. The van der Waals surface area contributed by atoms with Gasteiger partial charge in [0.1, 0.15) is 5.75 Å². The number of nitrogens with zero attached hydrogens (tertiary/aromatic N) is 2. The maximum absolute atomic E-state index is 13.2. The number of methoxy groups -OCH3 is 1. The second-order valence-electron chi connectivity index (χ2n) is 7.44. The minimum atomic E-state index is -0.215. The second-order valence-corrected chi connectivity index (χ2v) is 7.87. The van der Waals surface area contributed by atoms with Crippen LogP contribution < -0.4 is 15.0 Å². The fraction of sp³-hybridized carbons (Fsp3) is 0.292. The molecule has 1 amide bonds. The van der Waals surface area contributed by atoms with Crippen LogP contribution in [0.15, 0.2) is 54.6 Å². The number of amides is 1. The lowest BCUT2D eigenvalue weighted by Gasteiger charge is -2.36. The van der Waals surface area contributed by atoms with Crippen molar-refractivity contribution in [2.75, 3.05) is 50.1 Å². The van der Waals surface area contributed by atoms with Crippen LogP contribution in [0.25, 0.3) is 10.8 Å². The molecule has 0 aromatic heterocycles. The zero-order valence-corrected chi connectivity index (χ0v) is 18.1. The predicted octanol–water partition coefficient (Wildman–Crippen LogP) is 4.90. The monoisotopic (exact) mass is 423 g/mol. The second kappa shape index (κ2) is 8.94. The number of carbonyl (C=O) groups excluding carboxylic acids is 1. The molecule has 5 nitrogen and oxygen atoms in total. The van der Waals surface area contributed by atoms with Crippen LogP contribution in [0, 0.1) is 0 Å². The van der Waals surface area contributed by atoms with Crippen molar-refractivity contribution in [1.82, 2.24) is 4.90 Å². The minimum absolute atomic E-state index is 0.215. The summed E-state index contributed by atoms with van der Waals surface area (Å²) in [7, 11) is 1.58. The largest absolute Gasteiger partial charge is 0.496 e. The molecular formula is C24H26ClN3O2. The molecule has 3 aromatic rings. The first kappa shape index (κ1) is 20.5. The molecule has 0 saturated carbocycles. The zero-order chi connectivity index (χ0) is 21.1. The van der Waals surface area contributed by atoms with Gasteiger partial charge in [-0.3, -0.25) is 4.79 Å². The van der Waals surface area contributed by atoms with Crippen molar-refractivity contribution in [2.24, 2.45) is 0 Å². The van der Waals surface area contributed by atoms with Gasteiger partial charge < -0.3 is 19.9 Å². The van der Waals surface area contributed by atoms with Gasteiger partial charge in [0.15, 0.2) is 0 Å². The van der Waals surface area contributed by atoms with E-state index < -0.39 is 0 Å². The van der Waals surface area contributed by atoms with Crippen LogP contribution in [0.2, 0.25) is 5.02 Å². The van der Waals surface area contributed by atoms with Gasteiger partial charge in [-0.05, 0) is 47.6 Å². The fourth-order valence-corrected chi connectivity index (χ4v) is 4.12. The molecule has 1 fully saturated rings. The summed E-state index contributed by atoms with van der Waals surface area (Å²) >= 11 is 6.26. The summed E-state index contributed by atoms with van der Waals surface area (Å²) in [6, 6.07) is 17.4. The highest BCUT2D eigenvalue weighted by Crippen LogP contribution is 2.32. The maximum Gasteiger partial charge on any atom is 0.259 e. The molecule has 0 spiro atoms. The van der Waals surface area contributed by atoms with Crippen LogP contribution in [-0.2, 0) is 0 Å². The average molecular weight is 424 g/mol. The topological polar surface area (TPSA) is 44.8 Å². The minimum Gasteiger partial charge on any atom is -0.496 e. The van der Waals surface area contributed by atoms with Crippen LogP contribution in [-0.4, -0.2) is 50.6 Å². The van der Waals surface area contributed by atoms with Crippen molar-refractivity contribution < 1.29 is 9.53 Å². The van der Waals surface area contributed by atoms with Crippen LogP contribution in [0.1, 0.15) is 17.3 Å². The number of anilines is 2. The van der Waals surface area contributed by atoms with E-state index >= 15 is 0 Å². The third-order valence-corrected chi connectivity index (χ3v) is 5.91. The molecule has 1 aliphatic heterocycles. The Morgan fingerprint density at radius 3 is 2.40 bits per heavy atom. The highest BCUT2D eigenvalue weighted by atomic mass is 35.5. The fourth-order valence-electron chi connectivity index (χ4n) is 3.94. The van der Waals surface area contributed by atoms with E-state index in [-0.39, 0.29) is 5.91 Å². The smallest absolute Gasteiger partial charge is 0.259 e. The average Bonchev–Trinajstić information content (AvgIpc) is 2.78. The van der Waals surface area contributed by atoms with Crippen LogP contribution in [0.4, 0.5) is 11.4 Å². The van der Waals surface area contributed by atoms with Gasteiger partial charge in [-0.25, -0.2) is 0 Å². The lowest BCUT2D eigenvalue weighted by molar-refractivity contribution is 0.102. The Morgan fingerprint density at radius 2 is 1.73 bits per heavy atom. The van der Waals surface area contributed by atoms with Gasteiger partial charge in [0.2, 0.25) is 0 Å². The van der Waals surface area contributed by atoms with Crippen LogP contribution in [0.3, 0.4) is 0 Å². The van der Waals surface area contributed by atoms with Crippen molar-refractivity contribution in [3.8, 4) is 5.75 Å². The molecule has 3 aromatic carbocycles. The Morgan fingerprint density at radius 1 is 1.03 bits per heavy atom. The molecule has 1 N–H and O–H groups in total. The number of carbonyl (C=O) groups is 1. The van der Waals surface area contributed by atoms with Gasteiger partial charge in [-0.1, -0.05) is 42.8 Å². The van der Waals surface area contributed by atoms with E-state index in [0.717, 1.165) is 49.2 Å². The van der Waals surface area contributed by atoms with Gasteiger partial charge >= 0.3 is 0 Å². The van der Waals surface area contributed by atoms with Gasteiger partial charge in [-0.2, -0.15) is 0 Å². The number of likely N-dealkylation sites (N-methyl/N-ethyl adjacent to an activating group) is 1. The number of ether oxygens (including phenoxy) is 1. The summed E-state index contributed by atoms with van der Waals surface area (Å²) in [4.78, 5) is 17.9. The first-order valence-corrected chi connectivity index (χ1v) is 10.6.